The minimum atomic E-state index is -1.78. The summed E-state index contributed by atoms with van der Waals surface area (Å²) in [6, 6.07) is 12.4. The average molecular weight is 380 g/mol. The summed E-state index contributed by atoms with van der Waals surface area (Å²) in [6.07, 6.45) is 0.0479. The van der Waals surface area contributed by atoms with Crippen LogP contribution in [0, 0.1) is 6.92 Å². The van der Waals surface area contributed by atoms with Gasteiger partial charge in [0, 0.05) is 18.9 Å². The van der Waals surface area contributed by atoms with Crippen LogP contribution >= 0.6 is 0 Å². The number of carbonyl (C=O) groups excluding carboxylic acids is 3. The Bertz CT molecular complexity index is 1000. The zero-order chi connectivity index (χ0) is 20.1. The Morgan fingerprint density at radius 3 is 2.68 bits per heavy atom. The van der Waals surface area contributed by atoms with Gasteiger partial charge in [0.05, 0.1) is 18.8 Å². The largest absolute Gasteiger partial charge is 0.467 e. The van der Waals surface area contributed by atoms with Crippen LogP contribution in [0.1, 0.15) is 30.5 Å². The number of methoxy groups -OCH3 is 1. The van der Waals surface area contributed by atoms with Crippen molar-refractivity contribution in [1.82, 2.24) is 5.32 Å². The first-order chi connectivity index (χ1) is 13.4. The van der Waals surface area contributed by atoms with Crippen LogP contribution in [0.2, 0.25) is 0 Å². The van der Waals surface area contributed by atoms with E-state index in [0.717, 1.165) is 11.1 Å². The number of carbonyl (C=O) groups is 3. The number of amides is 2. The number of aryl methyl sites for hydroxylation is 1. The first-order valence-electron chi connectivity index (χ1n) is 8.95. The minimum Gasteiger partial charge on any atom is -0.467 e. The van der Waals surface area contributed by atoms with E-state index in [0.29, 0.717) is 17.2 Å². The van der Waals surface area contributed by atoms with Gasteiger partial charge in [0.2, 0.25) is 11.4 Å². The van der Waals surface area contributed by atoms with Crippen LogP contribution in [0.15, 0.2) is 42.5 Å². The molecule has 4 rings (SSSR count). The lowest BCUT2D eigenvalue weighted by atomic mass is 9.91. The number of ether oxygens (including phenoxy) is 2. The second kappa shape index (κ2) is 6.37. The van der Waals surface area contributed by atoms with Crippen molar-refractivity contribution in [1.29, 1.82) is 0 Å². The standard InChI is InChI=1S/C21H20N2O5/c1-12-8-9-17-14(10-12)16-11-21(20(26)27-3,22-13(2)24)19(25)23(16)15-6-4-5-7-18(15)28-17/h4-10,16H,11H2,1-3H3,(H,22,24). The molecule has 0 radical (unpaired) electrons. The molecule has 1 fully saturated rings. The van der Waals surface area contributed by atoms with Crippen LogP contribution in [-0.4, -0.2) is 30.4 Å². The lowest BCUT2D eigenvalue weighted by Gasteiger charge is -2.26. The first-order valence-corrected chi connectivity index (χ1v) is 8.95. The Kier molecular flexibility index (Phi) is 4.10. The maximum Gasteiger partial charge on any atom is 0.341 e. The van der Waals surface area contributed by atoms with Crippen LogP contribution in [0.4, 0.5) is 5.69 Å². The SMILES string of the molecule is COC(=O)C1(NC(C)=O)CC2c3cc(C)ccc3Oc3ccccc3N2C1=O. The highest BCUT2D eigenvalue weighted by Crippen LogP contribution is 2.51. The van der Waals surface area contributed by atoms with E-state index in [-0.39, 0.29) is 6.42 Å². The van der Waals surface area contributed by atoms with Crippen molar-refractivity contribution < 1.29 is 23.9 Å². The van der Waals surface area contributed by atoms with Gasteiger partial charge in [-0.3, -0.25) is 14.5 Å². The van der Waals surface area contributed by atoms with E-state index in [4.69, 9.17) is 9.47 Å². The minimum absolute atomic E-state index is 0.0479. The molecule has 2 aromatic rings. The van der Waals surface area contributed by atoms with Gasteiger partial charge in [0.25, 0.3) is 5.91 Å². The van der Waals surface area contributed by atoms with E-state index in [2.05, 4.69) is 5.32 Å². The van der Waals surface area contributed by atoms with Gasteiger partial charge >= 0.3 is 5.97 Å². The van der Waals surface area contributed by atoms with Gasteiger partial charge in [0.1, 0.15) is 5.75 Å². The molecule has 28 heavy (non-hydrogen) atoms. The molecular weight excluding hydrogens is 360 g/mol. The number of benzene rings is 2. The number of rotatable bonds is 2. The van der Waals surface area contributed by atoms with Crippen molar-refractivity contribution in [3.63, 3.8) is 0 Å². The van der Waals surface area contributed by atoms with Crippen molar-refractivity contribution in [2.45, 2.75) is 31.8 Å². The fraction of sp³-hybridized carbons (Fsp3) is 0.286. The van der Waals surface area contributed by atoms with Gasteiger partial charge in [-0.05, 0) is 25.1 Å². The predicted octanol–water partition coefficient (Wildman–Crippen LogP) is 2.63. The number of fused-ring (bicyclic) bond motifs is 5. The molecule has 144 valence electrons. The second-order valence-electron chi connectivity index (χ2n) is 7.08. The quantitative estimate of drug-likeness (QED) is 0.640. The van der Waals surface area contributed by atoms with E-state index in [1.165, 1.54) is 18.9 Å². The maximum atomic E-state index is 13.6. The summed E-state index contributed by atoms with van der Waals surface area (Å²) in [6.45, 7) is 3.22. The molecule has 2 aliphatic rings. The fourth-order valence-corrected chi connectivity index (χ4v) is 4.03. The lowest BCUT2D eigenvalue weighted by molar-refractivity contribution is -0.154. The molecule has 0 bridgehead atoms. The van der Waals surface area contributed by atoms with Crippen molar-refractivity contribution in [2.24, 2.45) is 0 Å². The van der Waals surface area contributed by atoms with Crippen molar-refractivity contribution in [3.8, 4) is 11.5 Å². The predicted molar refractivity (Wildman–Crippen MR) is 101 cm³/mol. The number of nitrogens with zero attached hydrogens (tertiary/aromatic N) is 1. The number of para-hydroxylation sites is 2. The van der Waals surface area contributed by atoms with E-state index < -0.39 is 29.4 Å². The second-order valence-corrected chi connectivity index (χ2v) is 7.08. The first kappa shape index (κ1) is 18.0. The molecule has 2 unspecified atom stereocenters. The summed E-state index contributed by atoms with van der Waals surface area (Å²) >= 11 is 0. The number of hydrogen-bond donors (Lipinski definition) is 1. The number of anilines is 1. The molecule has 0 saturated carbocycles. The molecule has 0 aliphatic carbocycles. The number of hydrogen-bond acceptors (Lipinski definition) is 5. The van der Waals surface area contributed by atoms with Gasteiger partial charge in [-0.15, -0.1) is 0 Å². The van der Waals surface area contributed by atoms with Crippen LogP contribution in [0.5, 0.6) is 11.5 Å². The molecule has 2 heterocycles. The molecule has 7 nitrogen and oxygen atoms in total. The number of nitrogens with one attached hydrogen (secondary N) is 1. The van der Waals surface area contributed by atoms with Crippen LogP contribution in [-0.2, 0) is 19.1 Å². The summed E-state index contributed by atoms with van der Waals surface area (Å²) < 4.78 is 11.0. The summed E-state index contributed by atoms with van der Waals surface area (Å²) in [7, 11) is 1.21. The Labute approximate surface area is 162 Å². The molecule has 1 N–H and O–H groups in total. The Hall–Kier alpha value is -3.35. The zero-order valence-corrected chi connectivity index (χ0v) is 15.8. The smallest absolute Gasteiger partial charge is 0.341 e. The lowest BCUT2D eigenvalue weighted by Crippen LogP contribution is -2.59. The fourth-order valence-electron chi connectivity index (χ4n) is 4.03. The van der Waals surface area contributed by atoms with Gasteiger partial charge in [-0.25, -0.2) is 4.79 Å². The highest BCUT2D eigenvalue weighted by atomic mass is 16.5. The van der Waals surface area contributed by atoms with E-state index >= 15 is 0 Å². The Morgan fingerprint density at radius 2 is 1.96 bits per heavy atom. The van der Waals surface area contributed by atoms with E-state index in [9.17, 15) is 14.4 Å². The molecular formula is C21H20N2O5. The molecule has 2 aliphatic heterocycles. The normalized spacial score (nSPS) is 22.3. The van der Waals surface area contributed by atoms with Crippen LogP contribution in [0.3, 0.4) is 0 Å². The molecule has 0 aromatic heterocycles. The monoisotopic (exact) mass is 380 g/mol. The highest BCUT2D eigenvalue weighted by molar-refractivity contribution is 6.19. The summed E-state index contributed by atoms with van der Waals surface area (Å²) in [4.78, 5) is 39.7. The molecule has 2 atom stereocenters. The summed E-state index contributed by atoms with van der Waals surface area (Å²) in [5, 5.41) is 2.56. The molecule has 2 amide bonds. The van der Waals surface area contributed by atoms with Gasteiger partial charge in [-0.1, -0.05) is 29.8 Å². The average Bonchev–Trinajstić information content (AvgIpc) is 2.87. The van der Waals surface area contributed by atoms with Crippen LogP contribution < -0.4 is 15.0 Å². The third-order valence-electron chi connectivity index (χ3n) is 5.19. The van der Waals surface area contributed by atoms with E-state index in [1.54, 1.807) is 18.2 Å². The van der Waals surface area contributed by atoms with Crippen LogP contribution in [0.25, 0.3) is 0 Å². The Morgan fingerprint density at radius 1 is 1.21 bits per heavy atom. The van der Waals surface area contributed by atoms with Crippen molar-refractivity contribution >= 4 is 23.5 Å². The molecule has 2 aromatic carbocycles. The maximum absolute atomic E-state index is 13.6. The third kappa shape index (κ3) is 2.54. The molecule has 7 heteroatoms. The topological polar surface area (TPSA) is 84.9 Å². The highest BCUT2D eigenvalue weighted by Gasteiger charge is 2.60. The number of esters is 1. The van der Waals surface area contributed by atoms with E-state index in [1.807, 2.05) is 31.2 Å². The van der Waals surface area contributed by atoms with Gasteiger partial charge in [0.15, 0.2) is 5.75 Å². The summed E-state index contributed by atoms with van der Waals surface area (Å²) in [5.74, 6) is -0.683. The zero-order valence-electron chi connectivity index (χ0n) is 15.8. The summed E-state index contributed by atoms with van der Waals surface area (Å²) in [5.41, 5.74) is 0.537. The Balaban J connectivity index is 1.96. The van der Waals surface area contributed by atoms with Gasteiger partial charge in [-0.2, -0.15) is 0 Å². The van der Waals surface area contributed by atoms with Crippen molar-refractivity contribution in [2.75, 3.05) is 12.0 Å². The molecule has 0 spiro atoms. The third-order valence-corrected chi connectivity index (χ3v) is 5.19. The van der Waals surface area contributed by atoms with Gasteiger partial charge < -0.3 is 14.8 Å². The van der Waals surface area contributed by atoms with Crippen molar-refractivity contribution in [3.05, 3.63) is 53.6 Å². The molecule has 1 saturated heterocycles.